The molecule has 0 saturated carbocycles. The number of carbonyl (C=O) groups excluding carboxylic acids is 3. The van der Waals surface area contributed by atoms with Crippen molar-refractivity contribution in [3.63, 3.8) is 0 Å². The summed E-state index contributed by atoms with van der Waals surface area (Å²) in [6.45, 7) is 1.71. The number of rotatable bonds is 7. The number of nitrogens with zero attached hydrogens (tertiary/aromatic N) is 1. The van der Waals surface area contributed by atoms with Crippen molar-refractivity contribution in [3.8, 4) is 0 Å². The fourth-order valence-corrected chi connectivity index (χ4v) is 3.02. The zero-order valence-electron chi connectivity index (χ0n) is 13.7. The van der Waals surface area contributed by atoms with E-state index < -0.39 is 23.0 Å². The number of benzene rings is 1. The van der Waals surface area contributed by atoms with E-state index in [4.69, 9.17) is 5.11 Å². The Morgan fingerprint density at radius 2 is 2.00 bits per heavy atom. The van der Waals surface area contributed by atoms with Gasteiger partial charge in [0.1, 0.15) is 6.54 Å². The van der Waals surface area contributed by atoms with Crippen LogP contribution in [0.2, 0.25) is 0 Å². The normalized spacial score (nSPS) is 15.7. The maximum atomic E-state index is 12.3. The van der Waals surface area contributed by atoms with E-state index in [0.717, 1.165) is 27.8 Å². The molecule has 2 rings (SSSR count). The first-order valence-electron chi connectivity index (χ1n) is 7.68. The molecule has 1 aliphatic rings. The minimum Gasteiger partial charge on any atom is -0.481 e. The third-order valence-electron chi connectivity index (χ3n) is 3.54. The predicted molar refractivity (Wildman–Crippen MR) is 93.7 cm³/mol. The van der Waals surface area contributed by atoms with E-state index in [1.807, 2.05) is 31.2 Å². The zero-order valence-corrected chi connectivity index (χ0v) is 14.5. The van der Waals surface area contributed by atoms with Gasteiger partial charge in [-0.3, -0.25) is 24.1 Å². The molecule has 1 saturated heterocycles. The lowest BCUT2D eigenvalue weighted by Crippen LogP contribution is -2.39. The Kier molecular flexibility index (Phi) is 6.35. The van der Waals surface area contributed by atoms with Crippen molar-refractivity contribution in [1.82, 2.24) is 10.2 Å². The van der Waals surface area contributed by atoms with Gasteiger partial charge in [-0.25, -0.2) is 0 Å². The first kappa shape index (κ1) is 18.7. The lowest BCUT2D eigenvalue weighted by molar-refractivity contribution is -0.137. The summed E-state index contributed by atoms with van der Waals surface area (Å²) in [5.41, 5.74) is 1.82. The largest absolute Gasteiger partial charge is 0.481 e. The van der Waals surface area contributed by atoms with E-state index in [1.54, 1.807) is 6.08 Å². The maximum Gasteiger partial charge on any atom is 0.303 e. The maximum absolute atomic E-state index is 12.3. The highest BCUT2D eigenvalue weighted by atomic mass is 32.2. The summed E-state index contributed by atoms with van der Waals surface area (Å²) in [6.07, 6.45) is 1.88. The first-order valence-corrected chi connectivity index (χ1v) is 8.49. The van der Waals surface area contributed by atoms with E-state index in [2.05, 4.69) is 5.32 Å². The molecule has 0 bridgehead atoms. The lowest BCUT2D eigenvalue weighted by atomic mass is 10.1. The molecule has 0 radical (unpaired) electrons. The number of nitrogens with one attached hydrogen (secondary N) is 1. The van der Waals surface area contributed by atoms with Gasteiger partial charge in [-0.05, 0) is 42.3 Å². The van der Waals surface area contributed by atoms with E-state index in [9.17, 15) is 19.2 Å². The van der Waals surface area contributed by atoms with Crippen LogP contribution in [0.3, 0.4) is 0 Å². The standard InChI is InChI=1S/C17H18N2O5S/c1-11-5-2-3-6-12(11)9-13-16(23)19(17(24)25-13)10-14(20)18-8-4-7-15(21)22/h2-3,5-6,9H,4,7-8,10H2,1H3,(H,18,20)(H,21,22)/b13-9-. The molecule has 0 atom stereocenters. The van der Waals surface area contributed by atoms with Crippen molar-refractivity contribution in [2.75, 3.05) is 13.1 Å². The van der Waals surface area contributed by atoms with Crippen molar-refractivity contribution in [2.45, 2.75) is 19.8 Å². The number of hydrogen-bond acceptors (Lipinski definition) is 5. The first-order chi connectivity index (χ1) is 11.9. The molecular formula is C17H18N2O5S. The van der Waals surface area contributed by atoms with Gasteiger partial charge in [-0.2, -0.15) is 0 Å². The molecule has 1 fully saturated rings. The average Bonchev–Trinajstić information content (AvgIpc) is 2.81. The van der Waals surface area contributed by atoms with E-state index in [1.165, 1.54) is 0 Å². The smallest absolute Gasteiger partial charge is 0.303 e. The monoisotopic (exact) mass is 362 g/mol. The average molecular weight is 362 g/mol. The van der Waals surface area contributed by atoms with Crippen LogP contribution < -0.4 is 5.32 Å². The second kappa shape index (κ2) is 8.48. The number of imide groups is 1. The van der Waals surface area contributed by atoms with Crippen LogP contribution in [-0.2, 0) is 14.4 Å². The number of carboxylic acids is 1. The van der Waals surface area contributed by atoms with Gasteiger partial charge in [0.05, 0.1) is 4.91 Å². The van der Waals surface area contributed by atoms with Crippen LogP contribution in [0.15, 0.2) is 29.2 Å². The van der Waals surface area contributed by atoms with Crippen LogP contribution in [0.25, 0.3) is 6.08 Å². The summed E-state index contributed by atoms with van der Waals surface area (Å²) in [4.78, 5) is 47.7. The molecule has 1 aromatic rings. The van der Waals surface area contributed by atoms with Gasteiger partial charge in [-0.1, -0.05) is 24.3 Å². The topological polar surface area (TPSA) is 104 Å². The summed E-state index contributed by atoms with van der Waals surface area (Å²) in [5.74, 6) is -1.94. The minimum atomic E-state index is -0.943. The zero-order chi connectivity index (χ0) is 18.4. The molecule has 0 unspecified atom stereocenters. The molecule has 1 heterocycles. The Bertz CT molecular complexity index is 744. The van der Waals surface area contributed by atoms with Crippen LogP contribution in [-0.4, -0.2) is 46.1 Å². The Balaban J connectivity index is 1.96. The summed E-state index contributed by atoms with van der Waals surface area (Å²) < 4.78 is 0. The molecule has 3 amide bonds. The molecule has 1 aliphatic heterocycles. The Labute approximate surface area is 149 Å². The van der Waals surface area contributed by atoms with Crippen LogP contribution in [0.4, 0.5) is 4.79 Å². The highest BCUT2D eigenvalue weighted by molar-refractivity contribution is 8.18. The van der Waals surface area contributed by atoms with Crippen molar-refractivity contribution >= 4 is 40.9 Å². The molecule has 7 nitrogen and oxygen atoms in total. The molecular weight excluding hydrogens is 344 g/mol. The lowest BCUT2D eigenvalue weighted by Gasteiger charge is -2.12. The molecule has 0 aliphatic carbocycles. The number of amides is 3. The van der Waals surface area contributed by atoms with Gasteiger partial charge in [-0.15, -0.1) is 0 Å². The van der Waals surface area contributed by atoms with Gasteiger partial charge in [0.15, 0.2) is 0 Å². The van der Waals surface area contributed by atoms with Crippen LogP contribution in [0.5, 0.6) is 0 Å². The summed E-state index contributed by atoms with van der Waals surface area (Å²) in [6, 6.07) is 7.47. The van der Waals surface area contributed by atoms with Gasteiger partial charge in [0.25, 0.3) is 11.1 Å². The van der Waals surface area contributed by atoms with E-state index in [0.29, 0.717) is 0 Å². The second-order valence-corrected chi connectivity index (χ2v) is 6.46. The van der Waals surface area contributed by atoms with Crippen molar-refractivity contribution in [2.24, 2.45) is 0 Å². The molecule has 0 aromatic heterocycles. The Morgan fingerprint density at radius 3 is 2.68 bits per heavy atom. The third-order valence-corrected chi connectivity index (χ3v) is 4.45. The van der Waals surface area contributed by atoms with Gasteiger partial charge in [0.2, 0.25) is 5.91 Å². The van der Waals surface area contributed by atoms with Gasteiger partial charge < -0.3 is 10.4 Å². The highest BCUT2D eigenvalue weighted by Gasteiger charge is 2.36. The number of thioether (sulfide) groups is 1. The van der Waals surface area contributed by atoms with Crippen molar-refractivity contribution < 1.29 is 24.3 Å². The number of hydrogen-bond donors (Lipinski definition) is 2. The molecule has 132 valence electrons. The molecule has 0 spiro atoms. The fourth-order valence-electron chi connectivity index (χ4n) is 2.19. The SMILES string of the molecule is Cc1ccccc1/C=C1\SC(=O)N(CC(=O)NCCCC(=O)O)C1=O. The van der Waals surface area contributed by atoms with Crippen molar-refractivity contribution in [3.05, 3.63) is 40.3 Å². The summed E-state index contributed by atoms with van der Waals surface area (Å²) in [7, 11) is 0. The van der Waals surface area contributed by atoms with Crippen molar-refractivity contribution in [1.29, 1.82) is 0 Å². The Hall–Kier alpha value is -2.61. The number of aryl methyl sites for hydroxylation is 1. The van der Waals surface area contributed by atoms with Gasteiger partial charge >= 0.3 is 5.97 Å². The highest BCUT2D eigenvalue weighted by Crippen LogP contribution is 2.32. The van der Waals surface area contributed by atoms with Gasteiger partial charge in [0, 0.05) is 13.0 Å². The second-order valence-electron chi connectivity index (χ2n) is 5.47. The summed E-state index contributed by atoms with van der Waals surface area (Å²) >= 11 is 0.800. The predicted octanol–water partition coefficient (Wildman–Crippen LogP) is 2.01. The van der Waals surface area contributed by atoms with E-state index >= 15 is 0 Å². The molecule has 25 heavy (non-hydrogen) atoms. The fraction of sp³-hybridized carbons (Fsp3) is 0.294. The van der Waals surface area contributed by atoms with Crippen LogP contribution >= 0.6 is 11.8 Å². The number of carbonyl (C=O) groups is 4. The number of carboxylic acid groups (broad SMARTS) is 1. The molecule has 1 aromatic carbocycles. The number of aliphatic carboxylic acids is 1. The Morgan fingerprint density at radius 1 is 1.28 bits per heavy atom. The van der Waals surface area contributed by atoms with Crippen LogP contribution in [0, 0.1) is 6.92 Å². The summed E-state index contributed by atoms with van der Waals surface area (Å²) in [5, 5.41) is 10.5. The molecule has 2 N–H and O–H groups in total. The quantitative estimate of drug-likeness (QED) is 0.568. The van der Waals surface area contributed by atoms with Crippen LogP contribution in [0.1, 0.15) is 24.0 Å². The van der Waals surface area contributed by atoms with E-state index in [-0.39, 0.29) is 30.8 Å². The molecule has 8 heteroatoms. The minimum absolute atomic E-state index is 0.0545. The third kappa shape index (κ3) is 5.18.